The van der Waals surface area contributed by atoms with Crippen molar-refractivity contribution in [2.45, 2.75) is 12.6 Å². The van der Waals surface area contributed by atoms with Crippen LogP contribution in [-0.4, -0.2) is 31.7 Å². The molecule has 0 saturated heterocycles. The summed E-state index contributed by atoms with van der Waals surface area (Å²) in [4.78, 5) is 35.4. The van der Waals surface area contributed by atoms with Crippen LogP contribution in [0.4, 0.5) is 0 Å². The number of aliphatic hydroxyl groups excluding tert-OH is 1. The first-order chi connectivity index (χ1) is 14.1. The standard InChI is InChI=1S/C22H17N3O4/c26-18(8-7-17-6-3-11-29-17)19-20(16-5-2-10-24-13-16)25(22(28)21(19)27)14-15-4-1-9-23-12-15/h1-13,20,27H,14H2/b8-7+. The van der Waals surface area contributed by atoms with Crippen molar-refractivity contribution in [3.8, 4) is 0 Å². The number of aromatic nitrogens is 2. The number of allylic oxidation sites excluding steroid dienone is 1. The summed E-state index contributed by atoms with van der Waals surface area (Å²) >= 11 is 0. The second-order valence-electron chi connectivity index (χ2n) is 6.46. The number of pyridine rings is 2. The van der Waals surface area contributed by atoms with E-state index in [1.807, 2.05) is 6.07 Å². The van der Waals surface area contributed by atoms with Gasteiger partial charge in [0, 0.05) is 31.3 Å². The highest BCUT2D eigenvalue weighted by molar-refractivity contribution is 6.14. The average molecular weight is 387 g/mol. The van der Waals surface area contributed by atoms with Gasteiger partial charge in [-0.05, 0) is 47.5 Å². The summed E-state index contributed by atoms with van der Waals surface area (Å²) in [5.41, 5.74) is 1.42. The lowest BCUT2D eigenvalue weighted by Gasteiger charge is -2.26. The molecule has 1 unspecified atom stereocenters. The Morgan fingerprint density at radius 1 is 1.14 bits per heavy atom. The Hall–Kier alpha value is -4.00. The molecule has 4 rings (SSSR count). The largest absolute Gasteiger partial charge is 0.503 e. The first kappa shape index (κ1) is 18.4. The van der Waals surface area contributed by atoms with Crippen LogP contribution in [0.3, 0.4) is 0 Å². The summed E-state index contributed by atoms with van der Waals surface area (Å²) in [6, 6.07) is 9.72. The Morgan fingerprint density at radius 2 is 1.93 bits per heavy atom. The number of furan rings is 1. The quantitative estimate of drug-likeness (QED) is 0.652. The fraction of sp³-hybridized carbons (Fsp3) is 0.0909. The number of nitrogens with zero attached hydrogens (tertiary/aromatic N) is 3. The number of aliphatic hydroxyl groups is 1. The van der Waals surface area contributed by atoms with Gasteiger partial charge in [0.2, 0.25) is 0 Å². The summed E-state index contributed by atoms with van der Waals surface area (Å²) in [7, 11) is 0. The molecule has 0 aliphatic carbocycles. The van der Waals surface area contributed by atoms with Gasteiger partial charge in [-0.15, -0.1) is 0 Å². The van der Waals surface area contributed by atoms with Crippen LogP contribution in [0.1, 0.15) is 22.9 Å². The van der Waals surface area contributed by atoms with Gasteiger partial charge in [-0.25, -0.2) is 0 Å². The molecule has 144 valence electrons. The molecule has 1 aliphatic rings. The van der Waals surface area contributed by atoms with E-state index in [1.54, 1.807) is 55.1 Å². The summed E-state index contributed by atoms with van der Waals surface area (Å²) in [6.45, 7) is 0.189. The van der Waals surface area contributed by atoms with Crippen molar-refractivity contribution in [3.05, 3.63) is 102 Å². The number of rotatable bonds is 6. The molecule has 3 aromatic heterocycles. The van der Waals surface area contributed by atoms with Crippen LogP contribution in [-0.2, 0) is 16.1 Å². The summed E-state index contributed by atoms with van der Waals surface area (Å²) in [5, 5.41) is 10.5. The smallest absolute Gasteiger partial charge is 0.290 e. The molecule has 1 atom stereocenters. The Labute approximate surface area is 166 Å². The lowest BCUT2D eigenvalue weighted by molar-refractivity contribution is -0.130. The fourth-order valence-electron chi connectivity index (χ4n) is 3.27. The third-order valence-electron chi connectivity index (χ3n) is 4.59. The monoisotopic (exact) mass is 387 g/mol. The van der Waals surface area contributed by atoms with Crippen LogP contribution in [0.2, 0.25) is 0 Å². The van der Waals surface area contributed by atoms with E-state index >= 15 is 0 Å². The first-order valence-electron chi connectivity index (χ1n) is 8.94. The number of carbonyl (C=O) groups is 2. The van der Waals surface area contributed by atoms with Crippen LogP contribution in [0.15, 0.2) is 89.3 Å². The predicted molar refractivity (Wildman–Crippen MR) is 104 cm³/mol. The topological polar surface area (TPSA) is 96.5 Å². The van der Waals surface area contributed by atoms with Crippen LogP contribution >= 0.6 is 0 Å². The zero-order valence-electron chi connectivity index (χ0n) is 15.3. The second-order valence-corrected chi connectivity index (χ2v) is 6.46. The summed E-state index contributed by atoms with van der Waals surface area (Å²) < 4.78 is 5.19. The third kappa shape index (κ3) is 3.70. The molecule has 0 fully saturated rings. The molecule has 1 amide bonds. The first-order valence-corrected chi connectivity index (χ1v) is 8.94. The molecule has 0 spiro atoms. The van der Waals surface area contributed by atoms with E-state index in [4.69, 9.17) is 4.42 Å². The Morgan fingerprint density at radius 3 is 2.59 bits per heavy atom. The van der Waals surface area contributed by atoms with Crippen molar-refractivity contribution in [2.75, 3.05) is 0 Å². The molecule has 0 saturated carbocycles. The van der Waals surface area contributed by atoms with Gasteiger partial charge in [-0.2, -0.15) is 0 Å². The Kier molecular flexibility index (Phi) is 5.03. The van der Waals surface area contributed by atoms with Gasteiger partial charge in [0.1, 0.15) is 5.76 Å². The molecule has 1 N–H and O–H groups in total. The minimum Gasteiger partial charge on any atom is -0.503 e. The van der Waals surface area contributed by atoms with Gasteiger partial charge in [0.15, 0.2) is 11.5 Å². The number of amides is 1. The normalized spacial score (nSPS) is 16.8. The van der Waals surface area contributed by atoms with Gasteiger partial charge in [0.05, 0.1) is 17.9 Å². The lowest BCUT2D eigenvalue weighted by Crippen LogP contribution is -2.30. The van der Waals surface area contributed by atoms with Gasteiger partial charge in [-0.1, -0.05) is 12.1 Å². The molecule has 1 aliphatic heterocycles. The highest BCUT2D eigenvalue weighted by atomic mass is 16.3. The maximum atomic E-state index is 12.9. The van der Waals surface area contributed by atoms with Crippen molar-refractivity contribution in [2.24, 2.45) is 0 Å². The molecular formula is C22H17N3O4. The van der Waals surface area contributed by atoms with Crippen LogP contribution < -0.4 is 0 Å². The van der Waals surface area contributed by atoms with Gasteiger partial charge >= 0.3 is 0 Å². The molecule has 0 aromatic carbocycles. The maximum Gasteiger partial charge on any atom is 0.290 e. The van der Waals surface area contributed by atoms with E-state index in [2.05, 4.69) is 9.97 Å². The third-order valence-corrected chi connectivity index (χ3v) is 4.59. The van der Waals surface area contributed by atoms with E-state index in [0.717, 1.165) is 5.56 Å². The molecule has 0 bridgehead atoms. The molecule has 4 heterocycles. The number of carbonyl (C=O) groups excluding carboxylic acids is 2. The number of hydrogen-bond acceptors (Lipinski definition) is 6. The van der Waals surface area contributed by atoms with E-state index in [1.165, 1.54) is 23.3 Å². The number of hydrogen-bond donors (Lipinski definition) is 1. The highest BCUT2D eigenvalue weighted by Crippen LogP contribution is 2.38. The molecule has 0 radical (unpaired) electrons. The van der Waals surface area contributed by atoms with Crippen LogP contribution in [0.25, 0.3) is 6.08 Å². The highest BCUT2D eigenvalue weighted by Gasteiger charge is 2.43. The van der Waals surface area contributed by atoms with Crippen molar-refractivity contribution in [1.82, 2.24) is 14.9 Å². The average Bonchev–Trinajstić information content (AvgIpc) is 3.36. The Balaban J connectivity index is 1.71. The summed E-state index contributed by atoms with van der Waals surface area (Å²) in [6.07, 6.45) is 10.7. The molecule has 7 nitrogen and oxygen atoms in total. The fourth-order valence-corrected chi connectivity index (χ4v) is 3.27. The minimum atomic E-state index is -0.759. The molecule has 3 aromatic rings. The lowest BCUT2D eigenvalue weighted by atomic mass is 9.97. The van der Waals surface area contributed by atoms with Crippen molar-refractivity contribution >= 4 is 17.8 Å². The number of ketones is 1. The molecule has 29 heavy (non-hydrogen) atoms. The SMILES string of the molecule is O=C(/C=C/c1ccco1)C1=C(O)C(=O)N(Cc2cccnc2)C1c1cccnc1. The van der Waals surface area contributed by atoms with E-state index in [-0.39, 0.29) is 12.1 Å². The minimum absolute atomic E-state index is 0.00898. The van der Waals surface area contributed by atoms with Crippen molar-refractivity contribution in [1.29, 1.82) is 0 Å². The molecule has 7 heteroatoms. The van der Waals surface area contributed by atoms with Gasteiger partial charge in [0.25, 0.3) is 5.91 Å². The van der Waals surface area contributed by atoms with E-state index in [9.17, 15) is 14.7 Å². The zero-order valence-corrected chi connectivity index (χ0v) is 15.3. The van der Waals surface area contributed by atoms with Crippen LogP contribution in [0.5, 0.6) is 0 Å². The predicted octanol–water partition coefficient (Wildman–Crippen LogP) is 3.25. The molecular weight excluding hydrogens is 370 g/mol. The van der Waals surface area contributed by atoms with Crippen molar-refractivity contribution < 1.29 is 19.1 Å². The van der Waals surface area contributed by atoms with Crippen molar-refractivity contribution in [3.63, 3.8) is 0 Å². The van der Waals surface area contributed by atoms with Gasteiger partial charge < -0.3 is 14.4 Å². The van der Waals surface area contributed by atoms with E-state index < -0.39 is 23.5 Å². The maximum absolute atomic E-state index is 12.9. The van der Waals surface area contributed by atoms with Crippen LogP contribution in [0, 0.1) is 0 Å². The summed E-state index contributed by atoms with van der Waals surface area (Å²) in [5.74, 6) is -1.16. The second kappa shape index (κ2) is 7.93. The zero-order chi connectivity index (χ0) is 20.2. The van der Waals surface area contributed by atoms with E-state index in [0.29, 0.717) is 11.3 Å². The Bertz CT molecular complexity index is 1070. The van der Waals surface area contributed by atoms with Gasteiger partial charge in [-0.3, -0.25) is 19.6 Å².